The van der Waals surface area contributed by atoms with E-state index in [2.05, 4.69) is 20.5 Å². The van der Waals surface area contributed by atoms with Crippen LogP contribution in [0.3, 0.4) is 0 Å². The van der Waals surface area contributed by atoms with E-state index >= 15 is 0 Å². The predicted molar refractivity (Wildman–Crippen MR) is 95.9 cm³/mol. The quantitative estimate of drug-likeness (QED) is 0.850. The summed E-state index contributed by atoms with van der Waals surface area (Å²) in [6.45, 7) is 7.12. The van der Waals surface area contributed by atoms with Gasteiger partial charge in [-0.25, -0.2) is 4.98 Å². The van der Waals surface area contributed by atoms with Crippen LogP contribution >= 0.6 is 24.8 Å². The molecule has 2 saturated heterocycles. The maximum absolute atomic E-state index is 12.1. The van der Waals surface area contributed by atoms with E-state index in [1.165, 1.54) is 0 Å². The van der Waals surface area contributed by atoms with Crippen molar-refractivity contribution < 1.29 is 9.53 Å². The molecule has 6 nitrogen and oxygen atoms in total. The molecule has 2 fully saturated rings. The zero-order valence-corrected chi connectivity index (χ0v) is 14.8. The number of hydrogen-bond acceptors (Lipinski definition) is 5. The standard InChI is InChI=1S/C15H22N4O2.2ClH/c1-11(12-8-16-9-12)15(20)18-14-3-2-13(10-17-14)19-4-6-21-7-5-19;;/h2-3,10-12,16H,4-9H2,1H3,(H,17,18,20);2*1H. The Labute approximate surface area is 149 Å². The number of carbonyl (C=O) groups is 1. The van der Waals surface area contributed by atoms with Crippen molar-refractivity contribution in [3.63, 3.8) is 0 Å². The molecule has 2 aliphatic rings. The number of rotatable bonds is 4. The van der Waals surface area contributed by atoms with Crippen molar-refractivity contribution in [1.29, 1.82) is 0 Å². The second-order valence-corrected chi connectivity index (χ2v) is 5.70. The fraction of sp³-hybridized carbons (Fsp3) is 0.600. The number of aromatic nitrogens is 1. The third-order valence-corrected chi connectivity index (χ3v) is 4.31. The smallest absolute Gasteiger partial charge is 0.228 e. The largest absolute Gasteiger partial charge is 0.378 e. The van der Waals surface area contributed by atoms with Crippen LogP contribution in [0.2, 0.25) is 0 Å². The highest BCUT2D eigenvalue weighted by Crippen LogP contribution is 2.19. The molecule has 130 valence electrons. The number of amides is 1. The molecule has 0 aromatic carbocycles. The van der Waals surface area contributed by atoms with Crippen LogP contribution in [0, 0.1) is 11.8 Å². The second-order valence-electron chi connectivity index (χ2n) is 5.70. The molecule has 1 atom stereocenters. The Hall–Kier alpha value is -1.08. The lowest BCUT2D eigenvalue weighted by Crippen LogP contribution is -2.48. The van der Waals surface area contributed by atoms with Gasteiger partial charge < -0.3 is 20.3 Å². The molecule has 0 aliphatic carbocycles. The highest BCUT2D eigenvalue weighted by atomic mass is 35.5. The van der Waals surface area contributed by atoms with Crippen molar-refractivity contribution in [2.45, 2.75) is 6.92 Å². The van der Waals surface area contributed by atoms with Gasteiger partial charge in [-0.3, -0.25) is 4.79 Å². The Morgan fingerprint density at radius 1 is 1.35 bits per heavy atom. The van der Waals surface area contributed by atoms with E-state index in [-0.39, 0.29) is 36.6 Å². The van der Waals surface area contributed by atoms with Crippen molar-refractivity contribution in [3.05, 3.63) is 18.3 Å². The number of nitrogens with zero attached hydrogens (tertiary/aromatic N) is 2. The number of ether oxygens (including phenoxy) is 1. The molecule has 0 saturated carbocycles. The summed E-state index contributed by atoms with van der Waals surface area (Å²) in [4.78, 5) is 18.7. The van der Waals surface area contributed by atoms with Crippen molar-refractivity contribution >= 4 is 42.2 Å². The molecule has 8 heteroatoms. The molecular formula is C15H24Cl2N4O2. The SMILES string of the molecule is CC(C(=O)Nc1ccc(N2CCOCC2)cn1)C1CNC1.Cl.Cl. The minimum atomic E-state index is 0. The maximum atomic E-state index is 12.1. The molecule has 0 radical (unpaired) electrons. The monoisotopic (exact) mass is 362 g/mol. The van der Waals surface area contributed by atoms with Gasteiger partial charge >= 0.3 is 0 Å². The molecule has 1 unspecified atom stereocenters. The second kappa shape index (κ2) is 9.27. The molecule has 1 aromatic rings. The molecule has 0 bridgehead atoms. The summed E-state index contributed by atoms with van der Waals surface area (Å²) < 4.78 is 5.34. The third-order valence-electron chi connectivity index (χ3n) is 4.31. The Bertz CT molecular complexity index is 491. The van der Waals surface area contributed by atoms with E-state index in [1.54, 1.807) is 0 Å². The van der Waals surface area contributed by atoms with Gasteiger partial charge in [-0.2, -0.15) is 0 Å². The zero-order valence-electron chi connectivity index (χ0n) is 13.2. The van der Waals surface area contributed by atoms with E-state index in [1.807, 2.05) is 25.3 Å². The first-order valence-electron chi connectivity index (χ1n) is 7.54. The van der Waals surface area contributed by atoms with Crippen molar-refractivity contribution in [3.8, 4) is 0 Å². The molecule has 3 rings (SSSR count). The summed E-state index contributed by atoms with van der Waals surface area (Å²) in [5, 5.41) is 6.09. The number of morpholine rings is 1. The first kappa shape index (κ1) is 20.0. The molecule has 2 aliphatic heterocycles. The Kier molecular flexibility index (Phi) is 8.05. The average molecular weight is 363 g/mol. The first-order chi connectivity index (χ1) is 10.2. The number of hydrogen-bond donors (Lipinski definition) is 2. The highest BCUT2D eigenvalue weighted by molar-refractivity contribution is 5.91. The Morgan fingerprint density at radius 2 is 2.04 bits per heavy atom. The van der Waals surface area contributed by atoms with Gasteiger partial charge in [0.2, 0.25) is 5.91 Å². The number of pyridine rings is 1. The lowest BCUT2D eigenvalue weighted by molar-refractivity contribution is -0.121. The zero-order chi connectivity index (χ0) is 14.7. The van der Waals surface area contributed by atoms with Gasteiger partial charge in [0.1, 0.15) is 5.82 Å². The maximum Gasteiger partial charge on any atom is 0.228 e. The Balaban J connectivity index is 0.00000132. The summed E-state index contributed by atoms with van der Waals surface area (Å²) in [6, 6.07) is 3.87. The fourth-order valence-corrected chi connectivity index (χ4v) is 2.59. The van der Waals surface area contributed by atoms with Gasteiger partial charge in [-0.05, 0) is 31.1 Å². The van der Waals surface area contributed by atoms with Crippen LogP contribution in [0.4, 0.5) is 11.5 Å². The van der Waals surface area contributed by atoms with Crippen molar-refractivity contribution in [1.82, 2.24) is 10.3 Å². The number of halogens is 2. The summed E-state index contributed by atoms with van der Waals surface area (Å²) in [7, 11) is 0. The molecule has 1 amide bonds. The summed E-state index contributed by atoms with van der Waals surface area (Å²) in [5.41, 5.74) is 1.08. The highest BCUT2D eigenvalue weighted by Gasteiger charge is 2.28. The van der Waals surface area contributed by atoms with E-state index in [0.29, 0.717) is 11.7 Å². The lowest BCUT2D eigenvalue weighted by atomic mass is 9.88. The summed E-state index contributed by atoms with van der Waals surface area (Å²) in [5.74, 6) is 1.13. The minimum Gasteiger partial charge on any atom is -0.378 e. The molecule has 1 aromatic heterocycles. The van der Waals surface area contributed by atoms with Gasteiger partial charge in [0.25, 0.3) is 0 Å². The van der Waals surface area contributed by atoms with Gasteiger partial charge in [0, 0.05) is 19.0 Å². The molecule has 2 N–H and O–H groups in total. The number of nitrogens with one attached hydrogen (secondary N) is 2. The predicted octanol–water partition coefficient (Wildman–Crippen LogP) is 1.56. The lowest BCUT2D eigenvalue weighted by Gasteiger charge is -2.31. The molecule has 0 spiro atoms. The van der Waals surface area contributed by atoms with Crippen LogP contribution in [-0.2, 0) is 9.53 Å². The van der Waals surface area contributed by atoms with Crippen LogP contribution in [0.25, 0.3) is 0 Å². The van der Waals surface area contributed by atoms with Crippen LogP contribution in [-0.4, -0.2) is 50.3 Å². The fourth-order valence-electron chi connectivity index (χ4n) is 2.59. The minimum absolute atomic E-state index is 0. The van der Waals surface area contributed by atoms with Crippen LogP contribution in [0.5, 0.6) is 0 Å². The van der Waals surface area contributed by atoms with Gasteiger partial charge in [-0.1, -0.05) is 6.92 Å². The summed E-state index contributed by atoms with van der Waals surface area (Å²) >= 11 is 0. The van der Waals surface area contributed by atoms with E-state index in [0.717, 1.165) is 45.1 Å². The number of anilines is 2. The first-order valence-corrected chi connectivity index (χ1v) is 7.54. The molecular weight excluding hydrogens is 339 g/mol. The topological polar surface area (TPSA) is 66.5 Å². The van der Waals surface area contributed by atoms with E-state index < -0.39 is 0 Å². The van der Waals surface area contributed by atoms with Crippen LogP contribution < -0.4 is 15.5 Å². The average Bonchev–Trinajstić information content (AvgIpc) is 2.47. The van der Waals surface area contributed by atoms with Crippen molar-refractivity contribution in [2.75, 3.05) is 49.6 Å². The normalized spacial score (nSPS) is 18.9. The third kappa shape index (κ3) is 4.94. The van der Waals surface area contributed by atoms with Gasteiger partial charge in [0.05, 0.1) is 25.1 Å². The van der Waals surface area contributed by atoms with Crippen LogP contribution in [0.1, 0.15) is 6.92 Å². The van der Waals surface area contributed by atoms with Crippen LogP contribution in [0.15, 0.2) is 18.3 Å². The Morgan fingerprint density at radius 3 is 2.57 bits per heavy atom. The van der Waals surface area contributed by atoms with Gasteiger partial charge in [0.15, 0.2) is 0 Å². The number of carbonyl (C=O) groups excluding carboxylic acids is 1. The molecule has 3 heterocycles. The van der Waals surface area contributed by atoms with E-state index in [9.17, 15) is 4.79 Å². The van der Waals surface area contributed by atoms with E-state index in [4.69, 9.17) is 4.74 Å². The van der Waals surface area contributed by atoms with Crippen molar-refractivity contribution in [2.24, 2.45) is 11.8 Å². The molecule has 23 heavy (non-hydrogen) atoms. The summed E-state index contributed by atoms with van der Waals surface area (Å²) in [6.07, 6.45) is 1.82. The van der Waals surface area contributed by atoms with Gasteiger partial charge in [-0.15, -0.1) is 24.8 Å².